The second-order valence-corrected chi connectivity index (χ2v) is 5.11. The Morgan fingerprint density at radius 1 is 0.591 bits per heavy atom. The maximum absolute atomic E-state index is 9.04. The summed E-state index contributed by atoms with van der Waals surface area (Å²) < 4.78 is 0. The first-order valence-electron chi connectivity index (χ1n) is 7.96. The van der Waals surface area contributed by atoms with Gasteiger partial charge in [-0.3, -0.25) is 0 Å². The second kappa shape index (κ2) is 15.5. The van der Waals surface area contributed by atoms with E-state index < -0.39 is 12.2 Å². The molecule has 0 aliphatic rings. The van der Waals surface area contributed by atoms with E-state index in [4.69, 9.17) is 23.1 Å². The summed E-state index contributed by atoms with van der Waals surface area (Å²) in [7, 11) is 0. The number of hydrogen-bond donors (Lipinski definition) is 2. The first-order chi connectivity index (χ1) is 10.7. The van der Waals surface area contributed by atoms with Gasteiger partial charge in [-0.2, -0.15) is 0 Å². The molecule has 118 valence electrons. The number of hydrogen-bond acceptors (Lipinski definition) is 2. The van der Waals surface area contributed by atoms with Gasteiger partial charge < -0.3 is 10.2 Å². The third-order valence-electron chi connectivity index (χ3n) is 3.15. The molecule has 2 N–H and O–H groups in total. The minimum Gasteiger partial charge on any atom is -0.369 e. The Hall–Kier alpha value is -1.84. The van der Waals surface area contributed by atoms with E-state index in [0.717, 1.165) is 25.7 Å². The molecule has 0 amide bonds. The van der Waals surface area contributed by atoms with Crippen LogP contribution in [0.15, 0.2) is 0 Å². The lowest BCUT2D eigenvalue weighted by atomic mass is 10.1. The van der Waals surface area contributed by atoms with Gasteiger partial charge in [0.2, 0.25) is 0 Å². The zero-order valence-electron chi connectivity index (χ0n) is 13.3. The van der Waals surface area contributed by atoms with Gasteiger partial charge in [0.05, 0.1) is 0 Å². The minimum atomic E-state index is -0.917. The molecule has 0 rings (SSSR count). The predicted octanol–water partition coefficient (Wildman–Crippen LogP) is 2.88. The van der Waals surface area contributed by atoms with Crippen LogP contribution in [0.1, 0.15) is 64.2 Å². The maximum atomic E-state index is 9.04. The third-order valence-corrected chi connectivity index (χ3v) is 3.15. The van der Waals surface area contributed by atoms with Crippen molar-refractivity contribution >= 4 is 0 Å². The average molecular weight is 298 g/mol. The molecule has 0 saturated heterocycles. The summed E-state index contributed by atoms with van der Waals surface area (Å²) in [5.74, 6) is 15.3. The van der Waals surface area contributed by atoms with Crippen LogP contribution in [0, 0.1) is 48.4 Å². The third kappa shape index (κ3) is 14.6. The normalized spacial score (nSPS) is 11.8. The number of unbranched alkanes of at least 4 members (excludes halogenated alkanes) is 9. The first-order valence-corrected chi connectivity index (χ1v) is 7.96. The zero-order valence-corrected chi connectivity index (χ0v) is 13.3. The van der Waals surface area contributed by atoms with Gasteiger partial charge >= 0.3 is 0 Å². The van der Waals surface area contributed by atoms with Gasteiger partial charge in [-0.05, 0) is 12.8 Å². The van der Waals surface area contributed by atoms with Gasteiger partial charge in [0.25, 0.3) is 0 Å². The minimum absolute atomic E-state index is 0.806. The Bertz CT molecular complexity index is 424. The molecule has 0 aromatic rings. The molecule has 22 heavy (non-hydrogen) atoms. The van der Waals surface area contributed by atoms with Crippen LogP contribution in [-0.2, 0) is 0 Å². The highest BCUT2D eigenvalue weighted by Gasteiger charge is 1.92. The molecule has 0 unspecified atom stereocenters. The van der Waals surface area contributed by atoms with E-state index in [9.17, 15) is 0 Å². The van der Waals surface area contributed by atoms with Crippen molar-refractivity contribution < 1.29 is 10.2 Å². The molecule has 0 radical (unpaired) electrons. The van der Waals surface area contributed by atoms with Crippen molar-refractivity contribution in [2.24, 2.45) is 0 Å². The average Bonchev–Trinajstić information content (AvgIpc) is 2.54. The van der Waals surface area contributed by atoms with Crippen molar-refractivity contribution in [1.82, 2.24) is 0 Å². The molecule has 0 aromatic heterocycles. The molecule has 0 saturated carbocycles. The van der Waals surface area contributed by atoms with E-state index in [0.29, 0.717) is 0 Å². The lowest BCUT2D eigenvalue weighted by Crippen LogP contribution is -1.96. The molecule has 0 spiro atoms. The Kier molecular flexibility index (Phi) is 14.2. The van der Waals surface area contributed by atoms with E-state index in [1.807, 2.05) is 0 Å². The summed E-state index contributed by atoms with van der Waals surface area (Å²) in [6.07, 6.45) is 19.2. The predicted molar refractivity (Wildman–Crippen MR) is 91.4 cm³/mol. The molecular weight excluding hydrogens is 272 g/mol. The fourth-order valence-electron chi connectivity index (χ4n) is 1.91. The van der Waals surface area contributed by atoms with Crippen LogP contribution in [0.25, 0.3) is 0 Å². The fraction of sp³-hybridized carbons (Fsp3) is 0.600. The SMILES string of the molecule is C#C[C@@H](O)C#CCCCCCCCCCCC#C[C@@H](O)C#C. The number of rotatable bonds is 9. The maximum Gasteiger partial charge on any atom is 0.176 e. The summed E-state index contributed by atoms with van der Waals surface area (Å²) in [6.45, 7) is 0. The van der Waals surface area contributed by atoms with Gasteiger partial charge in [-0.15, -0.1) is 12.8 Å². The van der Waals surface area contributed by atoms with Crippen LogP contribution >= 0.6 is 0 Å². The lowest BCUT2D eigenvalue weighted by Gasteiger charge is -2.00. The van der Waals surface area contributed by atoms with Crippen LogP contribution in [0.4, 0.5) is 0 Å². The molecule has 0 bridgehead atoms. The van der Waals surface area contributed by atoms with Gasteiger partial charge in [0.1, 0.15) is 0 Å². The summed E-state index contributed by atoms with van der Waals surface area (Å²) in [4.78, 5) is 0. The van der Waals surface area contributed by atoms with Crippen molar-refractivity contribution in [2.75, 3.05) is 0 Å². The van der Waals surface area contributed by atoms with E-state index >= 15 is 0 Å². The summed E-state index contributed by atoms with van der Waals surface area (Å²) >= 11 is 0. The highest BCUT2D eigenvalue weighted by atomic mass is 16.3. The Labute approximate surface area is 135 Å². The summed E-state index contributed by atoms with van der Waals surface area (Å²) in [5, 5.41) is 18.1. The van der Waals surface area contributed by atoms with Crippen LogP contribution < -0.4 is 0 Å². The molecule has 2 heteroatoms. The Morgan fingerprint density at radius 2 is 0.909 bits per heavy atom. The van der Waals surface area contributed by atoms with Crippen molar-refractivity contribution in [1.29, 1.82) is 0 Å². The molecule has 0 fully saturated rings. The molecule has 0 aliphatic carbocycles. The van der Waals surface area contributed by atoms with Crippen molar-refractivity contribution in [3.8, 4) is 48.4 Å². The highest BCUT2D eigenvalue weighted by Crippen LogP contribution is 2.10. The molecule has 0 heterocycles. The largest absolute Gasteiger partial charge is 0.369 e. The lowest BCUT2D eigenvalue weighted by molar-refractivity contribution is 0.289. The molecular formula is C20H26O2. The highest BCUT2D eigenvalue weighted by molar-refractivity contribution is 5.16. The van der Waals surface area contributed by atoms with E-state index in [2.05, 4.69) is 35.5 Å². The van der Waals surface area contributed by atoms with Crippen LogP contribution in [-0.4, -0.2) is 22.4 Å². The first kappa shape index (κ1) is 20.2. The molecule has 0 aliphatic heterocycles. The van der Waals surface area contributed by atoms with E-state index in [1.165, 1.54) is 38.5 Å². The molecule has 0 aromatic carbocycles. The second-order valence-electron chi connectivity index (χ2n) is 5.11. The quantitative estimate of drug-likeness (QED) is 0.507. The Morgan fingerprint density at radius 3 is 1.23 bits per heavy atom. The van der Waals surface area contributed by atoms with Gasteiger partial charge in [0.15, 0.2) is 12.2 Å². The summed E-state index contributed by atoms with van der Waals surface area (Å²) in [5.41, 5.74) is 0. The topological polar surface area (TPSA) is 40.5 Å². The number of aliphatic hydroxyl groups is 2. The fourth-order valence-corrected chi connectivity index (χ4v) is 1.91. The van der Waals surface area contributed by atoms with Crippen molar-refractivity contribution in [3.05, 3.63) is 0 Å². The van der Waals surface area contributed by atoms with Crippen molar-refractivity contribution in [2.45, 2.75) is 76.4 Å². The smallest absolute Gasteiger partial charge is 0.176 e. The number of aliphatic hydroxyl groups excluding tert-OH is 2. The van der Waals surface area contributed by atoms with Gasteiger partial charge in [-0.1, -0.05) is 74.0 Å². The number of terminal acetylenes is 2. The standard InChI is InChI=1S/C20H26O2/c1-3-19(21)17-15-13-11-9-7-5-6-8-10-12-14-16-18-20(22)4-2/h1-2,19-22H,5-14H2/t19-,20+. The van der Waals surface area contributed by atoms with E-state index in [-0.39, 0.29) is 0 Å². The van der Waals surface area contributed by atoms with E-state index in [1.54, 1.807) is 0 Å². The van der Waals surface area contributed by atoms with Crippen LogP contribution in [0.3, 0.4) is 0 Å². The van der Waals surface area contributed by atoms with Crippen LogP contribution in [0.5, 0.6) is 0 Å². The van der Waals surface area contributed by atoms with Crippen molar-refractivity contribution in [3.63, 3.8) is 0 Å². The summed E-state index contributed by atoms with van der Waals surface area (Å²) in [6, 6.07) is 0. The Balaban J connectivity index is 3.27. The van der Waals surface area contributed by atoms with Gasteiger partial charge in [0, 0.05) is 12.8 Å². The molecule has 2 atom stereocenters. The monoisotopic (exact) mass is 298 g/mol. The molecule has 2 nitrogen and oxygen atoms in total. The van der Waals surface area contributed by atoms with Crippen LogP contribution in [0.2, 0.25) is 0 Å². The van der Waals surface area contributed by atoms with Gasteiger partial charge in [-0.25, -0.2) is 0 Å². The zero-order chi connectivity index (χ0) is 16.5.